The van der Waals surface area contributed by atoms with Gasteiger partial charge in [0.1, 0.15) is 5.75 Å². The summed E-state index contributed by atoms with van der Waals surface area (Å²) in [5.74, 6) is 1.29. The van der Waals surface area contributed by atoms with E-state index < -0.39 is 0 Å². The Hall–Kier alpha value is -2.24. The lowest BCUT2D eigenvalue weighted by Gasteiger charge is -2.16. The molecule has 0 aliphatic carbocycles. The average Bonchev–Trinajstić information content (AvgIpc) is 2.56. The number of ether oxygens (including phenoxy) is 1. The molecule has 0 spiro atoms. The summed E-state index contributed by atoms with van der Waals surface area (Å²) in [6, 6.07) is 7.44. The number of aliphatic imine (C=N–C) groups is 1. The summed E-state index contributed by atoms with van der Waals surface area (Å²) < 4.78 is 5.11. The predicted molar refractivity (Wildman–Crippen MR) is 89.6 cm³/mol. The Morgan fingerprint density at radius 2 is 2.05 bits per heavy atom. The lowest BCUT2D eigenvalue weighted by atomic mass is 10.2. The second kappa shape index (κ2) is 9.65. The molecule has 1 unspecified atom stereocenters. The van der Waals surface area contributed by atoms with Gasteiger partial charge >= 0.3 is 0 Å². The van der Waals surface area contributed by atoms with Gasteiger partial charge in [0, 0.05) is 31.7 Å². The molecule has 22 heavy (non-hydrogen) atoms. The highest BCUT2D eigenvalue weighted by molar-refractivity contribution is 5.94. The summed E-state index contributed by atoms with van der Waals surface area (Å²) in [5, 5.41) is 9.28. The Labute approximate surface area is 132 Å². The lowest BCUT2D eigenvalue weighted by molar-refractivity contribution is 0.0954. The van der Waals surface area contributed by atoms with Crippen LogP contribution in [0.1, 0.15) is 30.6 Å². The number of benzene rings is 1. The average molecular weight is 306 g/mol. The van der Waals surface area contributed by atoms with E-state index in [-0.39, 0.29) is 5.91 Å². The number of carbonyl (C=O) groups excluding carboxylic acids is 1. The van der Waals surface area contributed by atoms with Crippen molar-refractivity contribution in [1.82, 2.24) is 16.0 Å². The van der Waals surface area contributed by atoms with E-state index in [1.54, 1.807) is 32.4 Å². The minimum Gasteiger partial charge on any atom is -0.497 e. The van der Waals surface area contributed by atoms with Gasteiger partial charge in [-0.3, -0.25) is 9.79 Å². The molecule has 0 radical (unpaired) electrons. The third-order valence-electron chi connectivity index (χ3n) is 3.25. The van der Waals surface area contributed by atoms with E-state index in [4.69, 9.17) is 4.74 Å². The first kappa shape index (κ1) is 17.8. The Morgan fingerprint density at radius 1 is 1.32 bits per heavy atom. The summed E-state index contributed by atoms with van der Waals surface area (Å²) in [6.45, 7) is 5.32. The largest absolute Gasteiger partial charge is 0.497 e. The van der Waals surface area contributed by atoms with E-state index >= 15 is 0 Å². The fourth-order valence-electron chi connectivity index (χ4n) is 1.75. The van der Waals surface area contributed by atoms with Crippen LogP contribution in [0.2, 0.25) is 0 Å². The molecule has 1 amide bonds. The Bertz CT molecular complexity index is 503. The minimum atomic E-state index is -0.120. The van der Waals surface area contributed by atoms with Gasteiger partial charge in [-0.2, -0.15) is 0 Å². The van der Waals surface area contributed by atoms with Gasteiger partial charge in [-0.15, -0.1) is 0 Å². The maximum atomic E-state index is 12.0. The molecule has 1 aromatic carbocycles. The lowest BCUT2D eigenvalue weighted by Crippen LogP contribution is -2.44. The monoisotopic (exact) mass is 306 g/mol. The molecule has 0 heterocycles. The predicted octanol–water partition coefficient (Wildman–Crippen LogP) is 1.39. The summed E-state index contributed by atoms with van der Waals surface area (Å²) in [5.41, 5.74) is 0.585. The van der Waals surface area contributed by atoms with Crippen LogP contribution in [-0.2, 0) is 0 Å². The van der Waals surface area contributed by atoms with Crippen LogP contribution >= 0.6 is 0 Å². The van der Waals surface area contributed by atoms with Crippen molar-refractivity contribution in [3.8, 4) is 5.75 Å². The van der Waals surface area contributed by atoms with Gasteiger partial charge in [0.2, 0.25) is 0 Å². The zero-order valence-corrected chi connectivity index (χ0v) is 13.8. The molecule has 1 aromatic rings. The highest BCUT2D eigenvalue weighted by Gasteiger charge is 2.06. The number of carbonyl (C=O) groups is 1. The quantitative estimate of drug-likeness (QED) is 0.404. The van der Waals surface area contributed by atoms with Crippen LogP contribution in [0, 0.1) is 0 Å². The minimum absolute atomic E-state index is 0.120. The molecule has 3 N–H and O–H groups in total. The number of nitrogens with one attached hydrogen (secondary N) is 3. The standard InChI is InChI=1S/C16H26N4O2/c1-5-12(2)20-16(17-3)19-10-9-18-15(21)13-7-6-8-14(11-13)22-4/h6-8,11-12H,5,9-10H2,1-4H3,(H,18,21)(H2,17,19,20). The molecule has 0 saturated carbocycles. The zero-order valence-electron chi connectivity index (χ0n) is 13.8. The van der Waals surface area contributed by atoms with Gasteiger partial charge in [-0.1, -0.05) is 13.0 Å². The fraction of sp³-hybridized carbons (Fsp3) is 0.500. The molecule has 0 fully saturated rings. The molecule has 6 nitrogen and oxygen atoms in total. The summed E-state index contributed by atoms with van der Waals surface area (Å²) in [4.78, 5) is 16.1. The van der Waals surface area contributed by atoms with Gasteiger partial charge in [0.25, 0.3) is 5.91 Å². The Morgan fingerprint density at radius 3 is 2.68 bits per heavy atom. The van der Waals surface area contributed by atoms with E-state index in [1.807, 2.05) is 6.07 Å². The van der Waals surface area contributed by atoms with Crippen molar-refractivity contribution < 1.29 is 9.53 Å². The third kappa shape index (κ3) is 6.03. The van der Waals surface area contributed by atoms with Crippen molar-refractivity contribution in [3.63, 3.8) is 0 Å². The highest BCUT2D eigenvalue weighted by atomic mass is 16.5. The molecule has 0 aliphatic heterocycles. The molecule has 122 valence electrons. The summed E-state index contributed by atoms with van der Waals surface area (Å²) in [7, 11) is 3.31. The van der Waals surface area contributed by atoms with Crippen LogP contribution in [0.15, 0.2) is 29.3 Å². The highest BCUT2D eigenvalue weighted by Crippen LogP contribution is 2.11. The topological polar surface area (TPSA) is 74.8 Å². The van der Waals surface area contributed by atoms with Gasteiger partial charge in [0.05, 0.1) is 7.11 Å². The molecular weight excluding hydrogens is 280 g/mol. The summed E-state index contributed by atoms with van der Waals surface area (Å²) >= 11 is 0. The smallest absolute Gasteiger partial charge is 0.251 e. The molecule has 0 saturated heterocycles. The van der Waals surface area contributed by atoms with Crippen molar-refractivity contribution in [2.45, 2.75) is 26.3 Å². The first-order valence-corrected chi connectivity index (χ1v) is 7.50. The van der Waals surface area contributed by atoms with E-state index in [0.29, 0.717) is 30.4 Å². The number of methoxy groups -OCH3 is 1. The second-order valence-corrected chi connectivity index (χ2v) is 4.94. The van der Waals surface area contributed by atoms with E-state index in [2.05, 4.69) is 34.8 Å². The number of amides is 1. The molecule has 1 atom stereocenters. The van der Waals surface area contributed by atoms with Crippen molar-refractivity contribution in [2.24, 2.45) is 4.99 Å². The fourth-order valence-corrected chi connectivity index (χ4v) is 1.75. The van der Waals surface area contributed by atoms with Crippen LogP contribution in [-0.4, -0.2) is 45.2 Å². The number of hydrogen-bond acceptors (Lipinski definition) is 3. The first-order chi connectivity index (χ1) is 10.6. The number of hydrogen-bond donors (Lipinski definition) is 3. The molecule has 6 heteroatoms. The molecule has 0 bridgehead atoms. The molecule has 1 rings (SSSR count). The second-order valence-electron chi connectivity index (χ2n) is 4.94. The Kier molecular flexibility index (Phi) is 7.81. The van der Waals surface area contributed by atoms with Gasteiger partial charge in [0.15, 0.2) is 5.96 Å². The zero-order chi connectivity index (χ0) is 16.4. The SMILES string of the molecule is CCC(C)NC(=NC)NCCNC(=O)c1cccc(OC)c1. The number of rotatable bonds is 7. The molecule has 0 aromatic heterocycles. The van der Waals surface area contributed by atoms with Crippen molar-refractivity contribution >= 4 is 11.9 Å². The van der Waals surface area contributed by atoms with Crippen LogP contribution in [0.4, 0.5) is 0 Å². The van der Waals surface area contributed by atoms with Crippen molar-refractivity contribution in [3.05, 3.63) is 29.8 Å². The Balaban J connectivity index is 2.35. The van der Waals surface area contributed by atoms with Gasteiger partial charge < -0.3 is 20.7 Å². The van der Waals surface area contributed by atoms with E-state index in [9.17, 15) is 4.79 Å². The van der Waals surface area contributed by atoms with Crippen molar-refractivity contribution in [1.29, 1.82) is 0 Å². The van der Waals surface area contributed by atoms with E-state index in [1.165, 1.54) is 0 Å². The first-order valence-electron chi connectivity index (χ1n) is 7.50. The van der Waals surface area contributed by atoms with Crippen LogP contribution in [0.3, 0.4) is 0 Å². The van der Waals surface area contributed by atoms with Crippen molar-refractivity contribution in [2.75, 3.05) is 27.2 Å². The van der Waals surface area contributed by atoms with Gasteiger partial charge in [-0.25, -0.2) is 0 Å². The third-order valence-corrected chi connectivity index (χ3v) is 3.25. The van der Waals surface area contributed by atoms with Gasteiger partial charge in [-0.05, 0) is 31.5 Å². The summed E-state index contributed by atoms with van der Waals surface area (Å²) in [6.07, 6.45) is 1.02. The molecule has 0 aliphatic rings. The molecular formula is C16H26N4O2. The number of nitrogens with zero attached hydrogens (tertiary/aromatic N) is 1. The maximum absolute atomic E-state index is 12.0. The van der Waals surface area contributed by atoms with E-state index in [0.717, 1.165) is 12.4 Å². The maximum Gasteiger partial charge on any atom is 0.251 e. The van der Waals surface area contributed by atoms with Crippen LogP contribution in [0.5, 0.6) is 5.75 Å². The number of guanidine groups is 1. The van der Waals surface area contributed by atoms with Crippen LogP contribution in [0.25, 0.3) is 0 Å². The van der Waals surface area contributed by atoms with Crippen LogP contribution < -0.4 is 20.7 Å². The normalized spacial score (nSPS) is 12.5.